The smallest absolute Gasteiger partial charge is 0.251 e. The van der Waals surface area contributed by atoms with Gasteiger partial charge >= 0.3 is 0 Å². The molecule has 1 amide bonds. The van der Waals surface area contributed by atoms with E-state index in [9.17, 15) is 4.79 Å². The average Bonchev–Trinajstić information content (AvgIpc) is 3.47. The second kappa shape index (κ2) is 8.23. The van der Waals surface area contributed by atoms with Crippen molar-refractivity contribution in [2.75, 3.05) is 6.54 Å². The average molecular weight is 409 g/mol. The summed E-state index contributed by atoms with van der Waals surface area (Å²) in [7, 11) is 0. The summed E-state index contributed by atoms with van der Waals surface area (Å²) in [5.41, 5.74) is 3.65. The summed E-state index contributed by atoms with van der Waals surface area (Å²) in [6.07, 6.45) is 0.550. The van der Waals surface area contributed by atoms with Crippen molar-refractivity contribution in [1.82, 2.24) is 25.5 Å². The van der Waals surface area contributed by atoms with Crippen molar-refractivity contribution in [3.63, 3.8) is 0 Å². The Labute approximate surface area is 178 Å². The minimum atomic E-state index is -0.178. The molecule has 0 saturated carbocycles. The number of amides is 1. The predicted octanol–water partition coefficient (Wildman–Crippen LogP) is 4.25. The number of oxazole rings is 1. The highest BCUT2D eigenvalue weighted by molar-refractivity contribution is 5.97. The summed E-state index contributed by atoms with van der Waals surface area (Å²) in [4.78, 5) is 21.5. The fourth-order valence-electron chi connectivity index (χ4n) is 3.29. The van der Waals surface area contributed by atoms with Crippen LogP contribution in [0.1, 0.15) is 16.2 Å². The van der Waals surface area contributed by atoms with E-state index in [0.717, 1.165) is 17.0 Å². The summed E-state index contributed by atoms with van der Waals surface area (Å²) in [5, 5.41) is 10.1. The Morgan fingerprint density at radius 3 is 2.42 bits per heavy atom. The first-order valence-electron chi connectivity index (χ1n) is 9.97. The molecule has 0 fully saturated rings. The molecule has 0 atom stereocenters. The Balaban J connectivity index is 1.23. The van der Waals surface area contributed by atoms with E-state index in [1.165, 1.54) is 0 Å². The second-order valence-corrected chi connectivity index (χ2v) is 7.05. The molecule has 0 spiro atoms. The summed E-state index contributed by atoms with van der Waals surface area (Å²) < 4.78 is 5.85. The highest BCUT2D eigenvalue weighted by Crippen LogP contribution is 2.24. The summed E-state index contributed by atoms with van der Waals surface area (Å²) in [6.45, 7) is 0.436. The largest absolute Gasteiger partial charge is 0.436 e. The lowest BCUT2D eigenvalue weighted by molar-refractivity contribution is 0.0954. The molecule has 152 valence electrons. The van der Waals surface area contributed by atoms with Crippen LogP contribution >= 0.6 is 0 Å². The topological polar surface area (TPSA) is 96.7 Å². The van der Waals surface area contributed by atoms with Gasteiger partial charge in [-0.3, -0.25) is 9.89 Å². The zero-order valence-corrected chi connectivity index (χ0v) is 16.6. The van der Waals surface area contributed by atoms with Crippen molar-refractivity contribution in [3.05, 3.63) is 90.3 Å². The van der Waals surface area contributed by atoms with E-state index >= 15 is 0 Å². The van der Waals surface area contributed by atoms with Crippen LogP contribution in [0.4, 0.5) is 0 Å². The van der Waals surface area contributed by atoms with Crippen LogP contribution in [0.15, 0.2) is 83.3 Å². The molecular formula is C24H19N5O2. The Bertz CT molecular complexity index is 1330. The minimum absolute atomic E-state index is 0.178. The molecule has 0 aliphatic heterocycles. The van der Waals surface area contributed by atoms with Gasteiger partial charge in [0.2, 0.25) is 5.89 Å². The van der Waals surface area contributed by atoms with Gasteiger partial charge in [-0.05, 0) is 30.3 Å². The number of carbonyl (C=O) groups is 1. The van der Waals surface area contributed by atoms with Gasteiger partial charge in [0.25, 0.3) is 5.91 Å². The van der Waals surface area contributed by atoms with Crippen molar-refractivity contribution >= 4 is 17.0 Å². The number of aromatic amines is 1. The molecule has 0 saturated heterocycles. The molecule has 0 aliphatic carbocycles. The maximum absolute atomic E-state index is 12.6. The van der Waals surface area contributed by atoms with Crippen LogP contribution in [-0.4, -0.2) is 32.6 Å². The number of hydrogen-bond donors (Lipinski definition) is 2. The van der Waals surface area contributed by atoms with Gasteiger partial charge in [0.05, 0.1) is 0 Å². The van der Waals surface area contributed by atoms with Crippen LogP contribution in [0.5, 0.6) is 0 Å². The van der Waals surface area contributed by atoms with Gasteiger partial charge in [0, 0.05) is 29.7 Å². The Morgan fingerprint density at radius 2 is 1.65 bits per heavy atom. The number of benzene rings is 3. The van der Waals surface area contributed by atoms with Gasteiger partial charge < -0.3 is 9.73 Å². The Morgan fingerprint density at radius 1 is 0.903 bits per heavy atom. The number of aromatic nitrogens is 4. The first kappa shape index (κ1) is 18.7. The van der Waals surface area contributed by atoms with Gasteiger partial charge in [0.1, 0.15) is 11.3 Å². The van der Waals surface area contributed by atoms with E-state index in [0.29, 0.717) is 41.3 Å². The Hall–Kier alpha value is -4.26. The molecule has 31 heavy (non-hydrogen) atoms. The van der Waals surface area contributed by atoms with Crippen LogP contribution in [0.2, 0.25) is 0 Å². The molecule has 2 N–H and O–H groups in total. The maximum atomic E-state index is 12.6. The molecule has 2 aromatic heterocycles. The molecule has 0 unspecified atom stereocenters. The van der Waals surface area contributed by atoms with Crippen LogP contribution in [0.25, 0.3) is 33.9 Å². The quantitative estimate of drug-likeness (QED) is 0.437. The number of carbonyl (C=O) groups excluding carboxylic acids is 1. The van der Waals surface area contributed by atoms with E-state index in [2.05, 4.69) is 25.5 Å². The normalized spacial score (nSPS) is 11.0. The van der Waals surface area contributed by atoms with Crippen molar-refractivity contribution in [2.45, 2.75) is 6.42 Å². The molecule has 0 radical (unpaired) electrons. The number of nitrogens with zero attached hydrogens (tertiary/aromatic N) is 3. The summed E-state index contributed by atoms with van der Waals surface area (Å²) in [5.74, 6) is 1.72. The van der Waals surface area contributed by atoms with E-state index in [1.54, 1.807) is 18.2 Å². The predicted molar refractivity (Wildman–Crippen MR) is 117 cm³/mol. The lowest BCUT2D eigenvalue weighted by Crippen LogP contribution is -2.25. The van der Waals surface area contributed by atoms with Crippen LogP contribution in [-0.2, 0) is 6.42 Å². The lowest BCUT2D eigenvalue weighted by atomic mass is 10.2. The zero-order chi connectivity index (χ0) is 21.0. The molecule has 0 aliphatic rings. The SMILES string of the molecule is O=C(NCCc1nc(-c2ccccc2)n[nH]1)c1ccc2nc(-c3ccccc3)oc2c1. The van der Waals surface area contributed by atoms with Crippen molar-refractivity contribution < 1.29 is 9.21 Å². The number of rotatable bonds is 6. The van der Waals surface area contributed by atoms with E-state index in [1.807, 2.05) is 60.7 Å². The van der Waals surface area contributed by atoms with Gasteiger partial charge in [-0.15, -0.1) is 0 Å². The molecule has 0 bridgehead atoms. The van der Waals surface area contributed by atoms with Crippen molar-refractivity contribution in [3.8, 4) is 22.8 Å². The summed E-state index contributed by atoms with van der Waals surface area (Å²) >= 11 is 0. The second-order valence-electron chi connectivity index (χ2n) is 7.05. The third-order valence-corrected chi connectivity index (χ3v) is 4.88. The van der Waals surface area contributed by atoms with Gasteiger partial charge in [-0.25, -0.2) is 9.97 Å². The first-order valence-corrected chi connectivity index (χ1v) is 9.97. The van der Waals surface area contributed by atoms with Gasteiger partial charge in [0.15, 0.2) is 11.4 Å². The van der Waals surface area contributed by atoms with E-state index < -0.39 is 0 Å². The Kier molecular flexibility index (Phi) is 4.98. The lowest BCUT2D eigenvalue weighted by Gasteiger charge is -2.03. The number of hydrogen-bond acceptors (Lipinski definition) is 5. The molecule has 5 rings (SSSR count). The van der Waals surface area contributed by atoms with Crippen LogP contribution in [0, 0.1) is 0 Å². The van der Waals surface area contributed by atoms with Crippen LogP contribution < -0.4 is 5.32 Å². The van der Waals surface area contributed by atoms with E-state index in [4.69, 9.17) is 4.42 Å². The molecular weight excluding hydrogens is 390 g/mol. The van der Waals surface area contributed by atoms with Crippen molar-refractivity contribution in [1.29, 1.82) is 0 Å². The molecule has 5 aromatic rings. The fraction of sp³-hybridized carbons (Fsp3) is 0.0833. The zero-order valence-electron chi connectivity index (χ0n) is 16.6. The van der Waals surface area contributed by atoms with Gasteiger partial charge in [-0.2, -0.15) is 5.10 Å². The molecule has 7 heteroatoms. The minimum Gasteiger partial charge on any atom is -0.436 e. The number of H-pyrrole nitrogens is 1. The van der Waals surface area contributed by atoms with E-state index in [-0.39, 0.29) is 5.91 Å². The van der Waals surface area contributed by atoms with Crippen molar-refractivity contribution in [2.24, 2.45) is 0 Å². The number of nitrogens with one attached hydrogen (secondary N) is 2. The molecule has 7 nitrogen and oxygen atoms in total. The first-order chi connectivity index (χ1) is 15.3. The number of fused-ring (bicyclic) bond motifs is 1. The standard InChI is InChI=1S/C24H19N5O2/c30-23(25-14-13-21-27-22(29-28-21)16-7-3-1-4-8-16)18-11-12-19-20(15-18)31-24(26-19)17-9-5-2-6-10-17/h1-12,15H,13-14H2,(H,25,30)(H,27,28,29). The molecule has 2 heterocycles. The maximum Gasteiger partial charge on any atom is 0.251 e. The van der Waals surface area contributed by atoms with Gasteiger partial charge in [-0.1, -0.05) is 48.5 Å². The summed E-state index contributed by atoms with van der Waals surface area (Å²) in [6, 6.07) is 24.7. The third kappa shape index (κ3) is 4.06. The fourth-order valence-corrected chi connectivity index (χ4v) is 3.29. The van der Waals surface area contributed by atoms with Crippen LogP contribution in [0.3, 0.4) is 0 Å². The third-order valence-electron chi connectivity index (χ3n) is 4.88. The highest BCUT2D eigenvalue weighted by Gasteiger charge is 2.12. The monoisotopic (exact) mass is 409 g/mol. The molecule has 3 aromatic carbocycles. The highest BCUT2D eigenvalue weighted by atomic mass is 16.3.